The number of urea groups is 1. The number of aliphatic carboxylic acids is 1. The fourth-order valence-corrected chi connectivity index (χ4v) is 2.19. The van der Waals surface area contributed by atoms with Gasteiger partial charge in [-0.25, -0.2) is 4.79 Å². The van der Waals surface area contributed by atoms with E-state index in [-0.39, 0.29) is 18.6 Å². The maximum Gasteiger partial charge on any atom is 0.323 e. The van der Waals surface area contributed by atoms with Crippen LogP contribution in [0.3, 0.4) is 0 Å². The number of benzene rings is 1. The number of amides is 2. The van der Waals surface area contributed by atoms with Crippen LogP contribution in [0, 0.1) is 6.92 Å². The van der Waals surface area contributed by atoms with Crippen molar-refractivity contribution in [1.82, 2.24) is 10.2 Å². The van der Waals surface area contributed by atoms with Gasteiger partial charge in [0.25, 0.3) is 0 Å². The molecule has 1 aromatic carbocycles. The van der Waals surface area contributed by atoms with Gasteiger partial charge in [0.1, 0.15) is 12.3 Å². The molecular weight excluding hydrogens is 248 g/mol. The first-order chi connectivity index (χ1) is 9.01. The van der Waals surface area contributed by atoms with Crippen LogP contribution in [-0.2, 0) is 4.79 Å². The SMILES string of the molecule is COc1ccc(C)cc1C1CN(CC(=O)O)C(=O)N1. The van der Waals surface area contributed by atoms with Crippen LogP contribution in [0.1, 0.15) is 17.2 Å². The van der Waals surface area contributed by atoms with E-state index in [0.717, 1.165) is 11.1 Å². The van der Waals surface area contributed by atoms with E-state index in [2.05, 4.69) is 5.32 Å². The standard InChI is InChI=1S/C13H16N2O4/c1-8-3-4-11(19-2)9(5-8)10-6-15(7-12(16)17)13(18)14-10/h3-5,10H,6-7H2,1-2H3,(H,14,18)(H,16,17). The molecule has 1 fully saturated rings. The van der Waals surface area contributed by atoms with Crippen LogP contribution < -0.4 is 10.1 Å². The van der Waals surface area contributed by atoms with Gasteiger partial charge in [-0.1, -0.05) is 17.7 Å². The summed E-state index contributed by atoms with van der Waals surface area (Å²) in [4.78, 5) is 23.6. The topological polar surface area (TPSA) is 78.9 Å². The Kier molecular flexibility index (Phi) is 3.59. The molecule has 0 bridgehead atoms. The molecule has 1 aliphatic rings. The van der Waals surface area contributed by atoms with Gasteiger partial charge >= 0.3 is 12.0 Å². The minimum Gasteiger partial charge on any atom is -0.496 e. The summed E-state index contributed by atoms with van der Waals surface area (Å²) in [6.45, 7) is 1.98. The molecule has 1 unspecified atom stereocenters. The summed E-state index contributed by atoms with van der Waals surface area (Å²) in [6, 6.07) is 5.09. The lowest BCUT2D eigenvalue weighted by atomic mass is 10.0. The second-order valence-electron chi connectivity index (χ2n) is 4.52. The normalized spacial score (nSPS) is 18.3. The van der Waals surface area contributed by atoms with Crippen LogP contribution in [0.5, 0.6) is 5.75 Å². The van der Waals surface area contributed by atoms with Crippen molar-refractivity contribution in [2.45, 2.75) is 13.0 Å². The molecule has 19 heavy (non-hydrogen) atoms. The molecule has 2 rings (SSSR count). The molecule has 2 amide bonds. The molecule has 1 atom stereocenters. The minimum absolute atomic E-state index is 0.248. The van der Waals surface area contributed by atoms with Crippen molar-refractivity contribution < 1.29 is 19.4 Å². The summed E-state index contributed by atoms with van der Waals surface area (Å²) in [5, 5.41) is 11.5. The van der Waals surface area contributed by atoms with Gasteiger partial charge in [0.05, 0.1) is 13.2 Å². The molecule has 6 heteroatoms. The maximum absolute atomic E-state index is 11.7. The van der Waals surface area contributed by atoms with E-state index in [0.29, 0.717) is 12.3 Å². The van der Waals surface area contributed by atoms with Gasteiger partial charge in [-0.2, -0.15) is 0 Å². The van der Waals surface area contributed by atoms with Crippen molar-refractivity contribution >= 4 is 12.0 Å². The van der Waals surface area contributed by atoms with E-state index in [1.807, 2.05) is 25.1 Å². The number of nitrogens with one attached hydrogen (secondary N) is 1. The summed E-state index contributed by atoms with van der Waals surface area (Å²) < 4.78 is 5.28. The average Bonchev–Trinajstić information content (AvgIpc) is 2.70. The van der Waals surface area contributed by atoms with E-state index >= 15 is 0 Å². The number of nitrogens with zero attached hydrogens (tertiary/aromatic N) is 1. The third-order valence-electron chi connectivity index (χ3n) is 3.07. The number of rotatable bonds is 4. The first-order valence-electron chi connectivity index (χ1n) is 5.93. The van der Waals surface area contributed by atoms with Crippen molar-refractivity contribution in [1.29, 1.82) is 0 Å². The van der Waals surface area contributed by atoms with Crippen LogP contribution in [0.2, 0.25) is 0 Å². The molecule has 0 saturated carbocycles. The molecule has 1 aliphatic heterocycles. The predicted octanol–water partition coefficient (Wildman–Crippen LogP) is 1.15. The Hall–Kier alpha value is -2.24. The second-order valence-corrected chi connectivity index (χ2v) is 4.52. The lowest BCUT2D eigenvalue weighted by Crippen LogP contribution is -2.32. The first kappa shape index (κ1) is 13.2. The molecule has 1 saturated heterocycles. The van der Waals surface area contributed by atoms with Gasteiger partial charge in [0, 0.05) is 12.1 Å². The number of carboxylic acids is 1. The van der Waals surface area contributed by atoms with Gasteiger partial charge in [-0.15, -0.1) is 0 Å². The summed E-state index contributed by atoms with van der Waals surface area (Å²) in [5.74, 6) is -0.333. The summed E-state index contributed by atoms with van der Waals surface area (Å²) >= 11 is 0. The number of aryl methyl sites for hydroxylation is 1. The van der Waals surface area contributed by atoms with Crippen LogP contribution in [0.25, 0.3) is 0 Å². The highest BCUT2D eigenvalue weighted by molar-refractivity contribution is 5.82. The summed E-state index contributed by atoms with van der Waals surface area (Å²) in [5.41, 5.74) is 1.92. The van der Waals surface area contributed by atoms with E-state index < -0.39 is 5.97 Å². The Morgan fingerprint density at radius 2 is 2.32 bits per heavy atom. The zero-order chi connectivity index (χ0) is 14.0. The number of hydrogen-bond acceptors (Lipinski definition) is 3. The number of carboxylic acid groups (broad SMARTS) is 1. The van der Waals surface area contributed by atoms with Crippen molar-refractivity contribution in [3.05, 3.63) is 29.3 Å². The molecule has 1 aromatic rings. The quantitative estimate of drug-likeness (QED) is 0.855. The molecule has 0 spiro atoms. The van der Waals surface area contributed by atoms with E-state index in [1.165, 1.54) is 4.90 Å². The Labute approximate surface area is 111 Å². The Morgan fingerprint density at radius 3 is 2.95 bits per heavy atom. The second kappa shape index (κ2) is 5.17. The molecule has 0 radical (unpaired) electrons. The fraction of sp³-hybridized carbons (Fsp3) is 0.385. The van der Waals surface area contributed by atoms with E-state index in [9.17, 15) is 9.59 Å². The van der Waals surface area contributed by atoms with Crippen LogP contribution in [-0.4, -0.2) is 42.2 Å². The highest BCUT2D eigenvalue weighted by Gasteiger charge is 2.32. The predicted molar refractivity (Wildman–Crippen MR) is 68.2 cm³/mol. The highest BCUT2D eigenvalue weighted by atomic mass is 16.5. The summed E-state index contributed by atoms with van der Waals surface area (Å²) in [6.07, 6.45) is 0. The first-order valence-corrected chi connectivity index (χ1v) is 5.93. The average molecular weight is 264 g/mol. The fourth-order valence-electron chi connectivity index (χ4n) is 2.19. The van der Waals surface area contributed by atoms with Crippen molar-refractivity contribution in [2.75, 3.05) is 20.2 Å². The van der Waals surface area contributed by atoms with Crippen LogP contribution in [0.15, 0.2) is 18.2 Å². The third-order valence-corrected chi connectivity index (χ3v) is 3.07. The molecule has 1 heterocycles. The molecule has 0 aromatic heterocycles. The zero-order valence-electron chi connectivity index (χ0n) is 10.8. The molecule has 102 valence electrons. The number of hydrogen-bond donors (Lipinski definition) is 2. The van der Waals surface area contributed by atoms with Crippen molar-refractivity contribution in [3.63, 3.8) is 0 Å². The monoisotopic (exact) mass is 264 g/mol. The Morgan fingerprint density at radius 1 is 1.58 bits per heavy atom. The zero-order valence-corrected chi connectivity index (χ0v) is 10.8. The van der Waals surface area contributed by atoms with Gasteiger partial charge in [-0.05, 0) is 13.0 Å². The number of ether oxygens (including phenoxy) is 1. The summed E-state index contributed by atoms with van der Waals surface area (Å²) in [7, 11) is 1.57. The minimum atomic E-state index is -1.02. The lowest BCUT2D eigenvalue weighted by Gasteiger charge is -2.15. The Bertz CT molecular complexity index is 515. The van der Waals surface area contributed by atoms with Crippen LogP contribution >= 0.6 is 0 Å². The number of carbonyl (C=O) groups is 2. The van der Waals surface area contributed by atoms with Crippen LogP contribution in [0.4, 0.5) is 4.79 Å². The number of methoxy groups -OCH3 is 1. The van der Waals surface area contributed by atoms with Gasteiger partial charge in [0.15, 0.2) is 0 Å². The van der Waals surface area contributed by atoms with Gasteiger partial charge in [0.2, 0.25) is 0 Å². The van der Waals surface area contributed by atoms with Gasteiger partial charge in [-0.3, -0.25) is 4.79 Å². The molecule has 2 N–H and O–H groups in total. The maximum atomic E-state index is 11.7. The highest BCUT2D eigenvalue weighted by Crippen LogP contribution is 2.29. The van der Waals surface area contributed by atoms with E-state index in [1.54, 1.807) is 7.11 Å². The smallest absolute Gasteiger partial charge is 0.323 e. The third kappa shape index (κ3) is 2.78. The van der Waals surface area contributed by atoms with Crippen molar-refractivity contribution in [2.24, 2.45) is 0 Å². The largest absolute Gasteiger partial charge is 0.496 e. The van der Waals surface area contributed by atoms with Crippen molar-refractivity contribution in [3.8, 4) is 5.75 Å². The molecular formula is C13H16N2O4. The van der Waals surface area contributed by atoms with E-state index in [4.69, 9.17) is 9.84 Å². The van der Waals surface area contributed by atoms with Gasteiger partial charge < -0.3 is 20.1 Å². The molecule has 6 nitrogen and oxygen atoms in total. The molecule has 0 aliphatic carbocycles. The Balaban J connectivity index is 2.22. The number of carbonyl (C=O) groups excluding carboxylic acids is 1. The lowest BCUT2D eigenvalue weighted by molar-refractivity contribution is -0.137.